The summed E-state index contributed by atoms with van der Waals surface area (Å²) in [6, 6.07) is 19.2. The van der Waals surface area contributed by atoms with Crippen molar-refractivity contribution in [3.63, 3.8) is 0 Å². The smallest absolute Gasteiger partial charge is 0.322 e. The van der Waals surface area contributed by atoms with E-state index in [2.05, 4.69) is 5.32 Å². The van der Waals surface area contributed by atoms with E-state index < -0.39 is 0 Å². The molecule has 0 atom stereocenters. The number of urea groups is 1. The molecular weight excluding hydrogens is 414 g/mol. The van der Waals surface area contributed by atoms with Crippen LogP contribution in [0.25, 0.3) is 0 Å². The first-order valence-corrected chi connectivity index (χ1v) is 11.3. The number of benzene rings is 2. The van der Waals surface area contributed by atoms with E-state index in [0.717, 1.165) is 28.8 Å². The third-order valence-electron chi connectivity index (χ3n) is 5.70. The predicted octanol–water partition coefficient (Wildman–Crippen LogP) is 5.41. The van der Waals surface area contributed by atoms with Gasteiger partial charge in [0.25, 0.3) is 0 Å². The van der Waals surface area contributed by atoms with Crippen molar-refractivity contribution in [3.05, 3.63) is 89.4 Å². The molecule has 1 heterocycles. The van der Waals surface area contributed by atoms with Gasteiger partial charge in [0, 0.05) is 18.3 Å². The number of hydrogen-bond donors (Lipinski definition) is 1. The summed E-state index contributed by atoms with van der Waals surface area (Å²) in [5.74, 6) is 0.597. The largest absolute Gasteiger partial charge is 0.467 e. The van der Waals surface area contributed by atoms with E-state index in [0.29, 0.717) is 18.8 Å². The number of nitrogens with one attached hydrogen (secondary N) is 1. The van der Waals surface area contributed by atoms with Gasteiger partial charge in [-0.25, -0.2) is 4.79 Å². The van der Waals surface area contributed by atoms with Crippen molar-refractivity contribution in [2.24, 2.45) is 0 Å². The molecule has 6 nitrogen and oxygen atoms in total. The van der Waals surface area contributed by atoms with Crippen molar-refractivity contribution in [2.45, 2.75) is 46.7 Å². The van der Waals surface area contributed by atoms with Crippen LogP contribution in [0.4, 0.5) is 10.5 Å². The zero-order chi connectivity index (χ0) is 23.8. The minimum atomic E-state index is -0.281. The summed E-state index contributed by atoms with van der Waals surface area (Å²) >= 11 is 0. The average molecular weight is 448 g/mol. The van der Waals surface area contributed by atoms with Crippen LogP contribution in [0.5, 0.6) is 0 Å². The molecule has 1 aromatic heterocycles. The molecule has 0 aliphatic rings. The van der Waals surface area contributed by atoms with Crippen LogP contribution in [-0.4, -0.2) is 40.9 Å². The second kappa shape index (κ2) is 11.4. The average Bonchev–Trinajstić information content (AvgIpc) is 3.31. The van der Waals surface area contributed by atoms with Crippen LogP contribution in [0.2, 0.25) is 0 Å². The van der Waals surface area contributed by atoms with Gasteiger partial charge < -0.3 is 19.5 Å². The number of hydrogen-bond acceptors (Lipinski definition) is 3. The minimum Gasteiger partial charge on any atom is -0.467 e. The Hall–Kier alpha value is -3.54. The molecule has 1 N–H and O–H groups in total. The summed E-state index contributed by atoms with van der Waals surface area (Å²) in [4.78, 5) is 29.8. The Morgan fingerprint density at radius 2 is 1.64 bits per heavy atom. The number of carbonyl (C=O) groups excluding carboxylic acids is 2. The third kappa shape index (κ3) is 6.72. The molecule has 0 unspecified atom stereocenters. The molecule has 0 fully saturated rings. The Bertz CT molecular complexity index is 1030. The monoisotopic (exact) mass is 447 g/mol. The number of amides is 3. The lowest BCUT2D eigenvalue weighted by atomic mass is 10.1. The first-order chi connectivity index (χ1) is 15.8. The fourth-order valence-corrected chi connectivity index (χ4v) is 3.72. The number of anilines is 1. The Morgan fingerprint density at radius 1 is 0.939 bits per heavy atom. The highest BCUT2D eigenvalue weighted by Crippen LogP contribution is 2.20. The molecule has 0 bridgehead atoms. The summed E-state index contributed by atoms with van der Waals surface area (Å²) in [6.45, 7) is 8.64. The maximum absolute atomic E-state index is 13.4. The van der Waals surface area contributed by atoms with E-state index in [9.17, 15) is 9.59 Å². The molecule has 6 heteroatoms. The summed E-state index contributed by atoms with van der Waals surface area (Å²) in [5.41, 5.74) is 3.92. The normalized spacial score (nSPS) is 10.8. The van der Waals surface area contributed by atoms with E-state index in [1.54, 1.807) is 16.1 Å². The molecule has 0 saturated heterocycles. The van der Waals surface area contributed by atoms with Gasteiger partial charge in [0.15, 0.2) is 0 Å². The maximum atomic E-state index is 13.4. The van der Waals surface area contributed by atoms with Crippen molar-refractivity contribution in [1.29, 1.82) is 0 Å². The predicted molar refractivity (Wildman–Crippen MR) is 131 cm³/mol. The molecule has 0 saturated carbocycles. The molecule has 0 aliphatic carbocycles. The zero-order valence-electron chi connectivity index (χ0n) is 19.9. The van der Waals surface area contributed by atoms with E-state index >= 15 is 0 Å². The third-order valence-corrected chi connectivity index (χ3v) is 5.70. The maximum Gasteiger partial charge on any atom is 0.322 e. The topological polar surface area (TPSA) is 65.8 Å². The fourth-order valence-electron chi connectivity index (χ4n) is 3.72. The molecule has 2 aromatic carbocycles. The highest BCUT2D eigenvalue weighted by Gasteiger charge is 2.25. The molecular formula is C27H33N3O3. The summed E-state index contributed by atoms with van der Waals surface area (Å²) in [6.07, 6.45) is 2.33. The van der Waals surface area contributed by atoms with E-state index in [4.69, 9.17) is 4.42 Å². The van der Waals surface area contributed by atoms with Crippen molar-refractivity contribution < 1.29 is 14.0 Å². The van der Waals surface area contributed by atoms with Gasteiger partial charge in [0.05, 0.1) is 12.8 Å². The number of aryl methyl sites for hydroxylation is 2. The van der Waals surface area contributed by atoms with Crippen LogP contribution in [0.15, 0.2) is 71.3 Å². The first kappa shape index (κ1) is 24.1. The number of carbonyl (C=O) groups is 2. The van der Waals surface area contributed by atoms with Crippen LogP contribution in [-0.2, 0) is 17.8 Å². The molecule has 3 aromatic rings. The highest BCUT2D eigenvalue weighted by molar-refractivity contribution is 5.93. The number of para-hydroxylation sites is 1. The number of furan rings is 1. The molecule has 3 amide bonds. The summed E-state index contributed by atoms with van der Waals surface area (Å²) < 4.78 is 5.48. The summed E-state index contributed by atoms with van der Waals surface area (Å²) in [7, 11) is 0. The van der Waals surface area contributed by atoms with Crippen molar-refractivity contribution in [1.82, 2.24) is 9.80 Å². The number of nitrogens with zero attached hydrogens (tertiary/aromatic N) is 2. The Balaban J connectivity index is 1.73. The lowest BCUT2D eigenvalue weighted by molar-refractivity contribution is -0.133. The van der Waals surface area contributed by atoms with Crippen LogP contribution in [0.3, 0.4) is 0 Å². The van der Waals surface area contributed by atoms with Crippen molar-refractivity contribution in [3.8, 4) is 0 Å². The second-order valence-corrected chi connectivity index (χ2v) is 8.55. The lowest BCUT2D eigenvalue weighted by Crippen LogP contribution is -2.47. The SMILES string of the molecule is Cc1cccc(C)c1NC(=O)N(CC(=O)N(CCc1ccccc1)Cc1ccco1)C(C)C. The molecule has 3 rings (SSSR count). The summed E-state index contributed by atoms with van der Waals surface area (Å²) in [5, 5.41) is 3.01. The Morgan fingerprint density at radius 3 is 2.24 bits per heavy atom. The van der Waals surface area contributed by atoms with E-state index in [1.165, 1.54) is 0 Å². The van der Waals surface area contributed by atoms with Crippen molar-refractivity contribution >= 4 is 17.6 Å². The van der Waals surface area contributed by atoms with Gasteiger partial charge >= 0.3 is 6.03 Å². The fraction of sp³-hybridized carbons (Fsp3) is 0.333. The first-order valence-electron chi connectivity index (χ1n) is 11.3. The standard InChI is InChI=1S/C27H33N3O3/c1-20(2)30(27(32)28-26-21(3)10-8-11-22(26)4)19-25(31)29(18-24-14-9-17-33-24)16-15-23-12-6-5-7-13-23/h5-14,17,20H,15-16,18-19H2,1-4H3,(H,28,32). The van der Waals surface area contributed by atoms with Crippen LogP contribution in [0.1, 0.15) is 36.3 Å². The van der Waals surface area contributed by atoms with Crippen molar-refractivity contribution in [2.75, 3.05) is 18.4 Å². The lowest BCUT2D eigenvalue weighted by Gasteiger charge is -2.30. The Labute approximate surface area is 196 Å². The van der Waals surface area contributed by atoms with Gasteiger partial charge in [-0.1, -0.05) is 48.5 Å². The van der Waals surface area contributed by atoms with Crippen LogP contribution >= 0.6 is 0 Å². The van der Waals surface area contributed by atoms with Gasteiger partial charge in [-0.15, -0.1) is 0 Å². The Kier molecular flexibility index (Phi) is 8.30. The zero-order valence-corrected chi connectivity index (χ0v) is 19.9. The molecule has 33 heavy (non-hydrogen) atoms. The van der Waals surface area contributed by atoms with Gasteiger partial charge in [-0.05, 0) is 62.9 Å². The minimum absolute atomic E-state index is 0.00999. The van der Waals surface area contributed by atoms with Crippen LogP contribution < -0.4 is 5.32 Å². The van der Waals surface area contributed by atoms with Crippen LogP contribution in [0, 0.1) is 13.8 Å². The highest BCUT2D eigenvalue weighted by atomic mass is 16.3. The van der Waals surface area contributed by atoms with Gasteiger partial charge in [-0.3, -0.25) is 4.79 Å². The molecule has 0 radical (unpaired) electrons. The number of rotatable bonds is 9. The van der Waals surface area contributed by atoms with Gasteiger partial charge in [0.2, 0.25) is 5.91 Å². The second-order valence-electron chi connectivity index (χ2n) is 8.55. The van der Waals surface area contributed by atoms with Gasteiger partial charge in [0.1, 0.15) is 12.3 Å². The molecule has 0 spiro atoms. The molecule has 0 aliphatic heterocycles. The quantitative estimate of drug-likeness (QED) is 0.477. The van der Waals surface area contributed by atoms with E-state index in [-0.39, 0.29) is 24.5 Å². The molecule has 174 valence electrons. The van der Waals surface area contributed by atoms with Gasteiger partial charge in [-0.2, -0.15) is 0 Å². The van der Waals surface area contributed by atoms with E-state index in [1.807, 2.05) is 88.4 Å².